The molecule has 0 atom stereocenters. The minimum Gasteiger partial charge on any atom is -0.493 e. The van der Waals surface area contributed by atoms with E-state index in [0.29, 0.717) is 6.61 Å². The van der Waals surface area contributed by atoms with Gasteiger partial charge in [-0.1, -0.05) is 72.8 Å². The summed E-state index contributed by atoms with van der Waals surface area (Å²) in [5.74, 6) is 0.929. The van der Waals surface area contributed by atoms with Gasteiger partial charge >= 0.3 is 0 Å². The van der Waals surface area contributed by atoms with Crippen LogP contribution < -0.4 is 4.74 Å². The third kappa shape index (κ3) is 3.73. The predicted molar refractivity (Wildman–Crippen MR) is 87.5 cm³/mol. The van der Waals surface area contributed by atoms with E-state index >= 15 is 0 Å². The monoisotopic (exact) mass is 274 g/mol. The molecule has 104 valence electrons. The van der Waals surface area contributed by atoms with Crippen molar-refractivity contribution in [3.63, 3.8) is 0 Å². The molecule has 0 aliphatic heterocycles. The molecule has 0 saturated carbocycles. The van der Waals surface area contributed by atoms with Gasteiger partial charge in [0.1, 0.15) is 5.75 Å². The molecule has 0 heterocycles. The summed E-state index contributed by atoms with van der Waals surface area (Å²) in [7, 11) is 0. The Hall–Kier alpha value is -2.54. The van der Waals surface area contributed by atoms with Crippen LogP contribution in [0.5, 0.6) is 5.75 Å². The first kappa shape index (κ1) is 13.4. The fourth-order valence-electron chi connectivity index (χ4n) is 2.30. The van der Waals surface area contributed by atoms with Crippen LogP contribution in [-0.4, -0.2) is 6.61 Å². The first-order chi connectivity index (χ1) is 10.4. The molecular weight excluding hydrogens is 256 g/mol. The topological polar surface area (TPSA) is 9.23 Å². The van der Waals surface area contributed by atoms with Crippen molar-refractivity contribution in [1.82, 2.24) is 0 Å². The van der Waals surface area contributed by atoms with E-state index in [4.69, 9.17) is 4.74 Å². The van der Waals surface area contributed by atoms with Crippen molar-refractivity contribution in [3.8, 4) is 16.9 Å². The van der Waals surface area contributed by atoms with Gasteiger partial charge in [-0.15, -0.1) is 0 Å². The van der Waals surface area contributed by atoms with Crippen LogP contribution in [0.4, 0.5) is 0 Å². The predicted octanol–water partition coefficient (Wildman–Crippen LogP) is 4.98. The van der Waals surface area contributed by atoms with Crippen LogP contribution in [0.1, 0.15) is 5.56 Å². The van der Waals surface area contributed by atoms with Crippen LogP contribution >= 0.6 is 0 Å². The Balaban J connectivity index is 1.58. The molecule has 3 aromatic rings. The lowest BCUT2D eigenvalue weighted by atomic mass is 10.0. The molecule has 0 unspecified atom stereocenters. The Morgan fingerprint density at radius 3 is 1.81 bits per heavy atom. The van der Waals surface area contributed by atoms with Crippen molar-refractivity contribution in [2.24, 2.45) is 0 Å². The number of rotatable bonds is 5. The Labute approximate surface area is 125 Å². The molecule has 0 aromatic heterocycles. The third-order valence-electron chi connectivity index (χ3n) is 3.46. The number of hydrogen-bond donors (Lipinski definition) is 0. The van der Waals surface area contributed by atoms with Gasteiger partial charge in [0, 0.05) is 6.42 Å². The SMILES string of the molecule is c1ccc(OCCc2ccc(-c3ccccc3)cc2)cc1. The first-order valence-electron chi connectivity index (χ1n) is 7.24. The van der Waals surface area contributed by atoms with Gasteiger partial charge < -0.3 is 4.74 Å². The van der Waals surface area contributed by atoms with Crippen LogP contribution in [0.3, 0.4) is 0 Å². The van der Waals surface area contributed by atoms with Gasteiger partial charge in [-0.05, 0) is 28.8 Å². The third-order valence-corrected chi connectivity index (χ3v) is 3.46. The maximum Gasteiger partial charge on any atom is 0.119 e. The molecule has 0 radical (unpaired) electrons. The molecule has 0 aliphatic rings. The second kappa shape index (κ2) is 6.76. The Morgan fingerprint density at radius 2 is 1.14 bits per heavy atom. The van der Waals surface area contributed by atoms with E-state index in [1.54, 1.807) is 0 Å². The summed E-state index contributed by atoms with van der Waals surface area (Å²) in [5.41, 5.74) is 3.80. The maximum absolute atomic E-state index is 5.72. The summed E-state index contributed by atoms with van der Waals surface area (Å²) in [4.78, 5) is 0. The van der Waals surface area contributed by atoms with Crippen molar-refractivity contribution in [2.75, 3.05) is 6.61 Å². The van der Waals surface area contributed by atoms with E-state index in [9.17, 15) is 0 Å². The number of ether oxygens (including phenoxy) is 1. The molecule has 21 heavy (non-hydrogen) atoms. The molecule has 0 saturated heterocycles. The van der Waals surface area contributed by atoms with Crippen LogP contribution in [0.15, 0.2) is 84.9 Å². The fourth-order valence-corrected chi connectivity index (χ4v) is 2.30. The van der Waals surface area contributed by atoms with Crippen LogP contribution in [0, 0.1) is 0 Å². The maximum atomic E-state index is 5.72. The summed E-state index contributed by atoms with van der Waals surface area (Å²) in [6, 6.07) is 29.1. The van der Waals surface area contributed by atoms with Crippen LogP contribution in [0.25, 0.3) is 11.1 Å². The summed E-state index contributed by atoms with van der Waals surface area (Å²) in [6.45, 7) is 0.703. The van der Waals surface area contributed by atoms with Gasteiger partial charge in [-0.2, -0.15) is 0 Å². The lowest BCUT2D eigenvalue weighted by molar-refractivity contribution is 0.322. The van der Waals surface area contributed by atoms with E-state index in [1.807, 2.05) is 36.4 Å². The molecule has 3 aromatic carbocycles. The van der Waals surface area contributed by atoms with Gasteiger partial charge in [0.2, 0.25) is 0 Å². The largest absolute Gasteiger partial charge is 0.493 e. The fraction of sp³-hybridized carbons (Fsp3) is 0.100. The normalized spacial score (nSPS) is 10.3. The van der Waals surface area contributed by atoms with Crippen molar-refractivity contribution in [1.29, 1.82) is 0 Å². The number of benzene rings is 3. The van der Waals surface area contributed by atoms with E-state index in [2.05, 4.69) is 48.5 Å². The molecule has 1 heteroatoms. The highest BCUT2D eigenvalue weighted by Gasteiger charge is 1.98. The summed E-state index contributed by atoms with van der Waals surface area (Å²) < 4.78 is 5.72. The quantitative estimate of drug-likeness (QED) is 0.638. The molecule has 0 fully saturated rings. The van der Waals surface area contributed by atoms with E-state index in [1.165, 1.54) is 16.7 Å². The van der Waals surface area contributed by atoms with Gasteiger partial charge in [-0.25, -0.2) is 0 Å². The summed E-state index contributed by atoms with van der Waals surface area (Å²) in [6.07, 6.45) is 0.921. The first-order valence-corrected chi connectivity index (χ1v) is 7.24. The number of para-hydroxylation sites is 1. The lowest BCUT2D eigenvalue weighted by Gasteiger charge is -2.07. The second-order valence-electron chi connectivity index (χ2n) is 4.97. The van der Waals surface area contributed by atoms with Gasteiger partial charge in [-0.3, -0.25) is 0 Å². The van der Waals surface area contributed by atoms with Crippen LogP contribution in [0.2, 0.25) is 0 Å². The highest BCUT2D eigenvalue weighted by Crippen LogP contribution is 2.19. The average Bonchev–Trinajstić information content (AvgIpc) is 2.57. The lowest BCUT2D eigenvalue weighted by Crippen LogP contribution is -2.01. The minimum atomic E-state index is 0.703. The van der Waals surface area contributed by atoms with Gasteiger partial charge in [0.25, 0.3) is 0 Å². The minimum absolute atomic E-state index is 0.703. The highest BCUT2D eigenvalue weighted by molar-refractivity contribution is 5.63. The van der Waals surface area contributed by atoms with Gasteiger partial charge in [0.05, 0.1) is 6.61 Å². The van der Waals surface area contributed by atoms with E-state index in [-0.39, 0.29) is 0 Å². The van der Waals surface area contributed by atoms with Crippen molar-refractivity contribution in [3.05, 3.63) is 90.5 Å². The summed E-state index contributed by atoms with van der Waals surface area (Å²) >= 11 is 0. The molecule has 0 bridgehead atoms. The Kier molecular flexibility index (Phi) is 4.33. The zero-order valence-corrected chi connectivity index (χ0v) is 11.9. The summed E-state index contributed by atoms with van der Waals surface area (Å²) in [5, 5.41) is 0. The van der Waals surface area contributed by atoms with Crippen molar-refractivity contribution in [2.45, 2.75) is 6.42 Å². The molecule has 3 rings (SSSR count). The molecule has 0 amide bonds. The zero-order valence-electron chi connectivity index (χ0n) is 11.9. The van der Waals surface area contributed by atoms with Crippen LogP contribution in [-0.2, 0) is 6.42 Å². The smallest absolute Gasteiger partial charge is 0.119 e. The zero-order chi connectivity index (χ0) is 14.3. The molecule has 0 aliphatic carbocycles. The second-order valence-corrected chi connectivity index (χ2v) is 4.97. The molecule has 1 nitrogen and oxygen atoms in total. The highest BCUT2D eigenvalue weighted by atomic mass is 16.5. The average molecular weight is 274 g/mol. The standard InChI is InChI=1S/C20H18O/c1-3-7-18(8-4-1)19-13-11-17(12-14-19)15-16-21-20-9-5-2-6-10-20/h1-14H,15-16H2. The molecular formula is C20H18O. The van der Waals surface area contributed by atoms with Crippen molar-refractivity contribution >= 4 is 0 Å². The Morgan fingerprint density at radius 1 is 0.571 bits per heavy atom. The number of hydrogen-bond acceptors (Lipinski definition) is 1. The molecule has 0 spiro atoms. The Bertz CT molecular complexity index is 657. The van der Waals surface area contributed by atoms with Crippen molar-refractivity contribution < 1.29 is 4.74 Å². The van der Waals surface area contributed by atoms with E-state index < -0.39 is 0 Å². The van der Waals surface area contributed by atoms with Gasteiger partial charge in [0.15, 0.2) is 0 Å². The molecule has 0 N–H and O–H groups in total. The van der Waals surface area contributed by atoms with E-state index in [0.717, 1.165) is 12.2 Å².